The molecule has 2 aliphatic heterocycles. The molecular weight excluding hydrogens is 312 g/mol. The fourth-order valence-electron chi connectivity index (χ4n) is 3.96. The van der Waals surface area contributed by atoms with Crippen LogP contribution in [0.3, 0.4) is 0 Å². The molecule has 0 aromatic heterocycles. The highest BCUT2D eigenvalue weighted by Crippen LogP contribution is 2.31. The summed E-state index contributed by atoms with van der Waals surface area (Å²) in [6.45, 7) is 9.89. The second-order valence-corrected chi connectivity index (χ2v) is 8.14. The van der Waals surface area contributed by atoms with Crippen molar-refractivity contribution in [3.63, 3.8) is 0 Å². The van der Waals surface area contributed by atoms with Gasteiger partial charge in [-0.1, -0.05) is 32.9 Å². The average Bonchev–Trinajstić information content (AvgIpc) is 2.61. The van der Waals surface area contributed by atoms with Crippen molar-refractivity contribution in [2.45, 2.75) is 52.6 Å². The van der Waals surface area contributed by atoms with Crippen LogP contribution in [-0.2, 0) is 11.2 Å². The molecular formula is C21H32N2O2. The quantitative estimate of drug-likeness (QED) is 0.910. The van der Waals surface area contributed by atoms with E-state index in [-0.39, 0.29) is 11.8 Å². The van der Waals surface area contributed by atoms with E-state index in [1.165, 1.54) is 18.4 Å². The molecule has 1 fully saturated rings. The Labute approximate surface area is 151 Å². The number of aryl methyl sites for hydroxylation is 1. The van der Waals surface area contributed by atoms with Crippen molar-refractivity contribution in [2.24, 2.45) is 11.8 Å². The van der Waals surface area contributed by atoms with Gasteiger partial charge in [-0.25, -0.2) is 0 Å². The summed E-state index contributed by atoms with van der Waals surface area (Å²) in [5.41, 5.74) is 3.22. The van der Waals surface area contributed by atoms with Gasteiger partial charge >= 0.3 is 0 Å². The van der Waals surface area contributed by atoms with E-state index in [2.05, 4.69) is 17.9 Å². The maximum atomic E-state index is 12.4. The fraction of sp³-hybridized carbons (Fsp3) is 0.667. The first-order valence-electron chi connectivity index (χ1n) is 9.80. The summed E-state index contributed by atoms with van der Waals surface area (Å²) >= 11 is 0. The smallest absolute Gasteiger partial charge is 0.229 e. The lowest BCUT2D eigenvalue weighted by Gasteiger charge is -2.33. The summed E-state index contributed by atoms with van der Waals surface area (Å²) in [5, 5.41) is 10.7. The van der Waals surface area contributed by atoms with Crippen molar-refractivity contribution in [3.8, 4) is 0 Å². The van der Waals surface area contributed by atoms with E-state index in [0.717, 1.165) is 49.6 Å². The lowest BCUT2D eigenvalue weighted by Crippen LogP contribution is -2.38. The van der Waals surface area contributed by atoms with Crippen LogP contribution in [-0.4, -0.2) is 42.1 Å². The number of aliphatic hydroxyl groups excluding tert-OH is 1. The zero-order valence-corrected chi connectivity index (χ0v) is 15.9. The molecule has 2 heterocycles. The van der Waals surface area contributed by atoms with Gasteiger partial charge in [0.15, 0.2) is 0 Å². The molecule has 0 spiro atoms. The van der Waals surface area contributed by atoms with Gasteiger partial charge in [-0.3, -0.25) is 4.79 Å². The molecule has 2 aliphatic rings. The largest absolute Gasteiger partial charge is 0.387 e. The first-order chi connectivity index (χ1) is 12.0. The molecule has 4 nitrogen and oxygen atoms in total. The first-order valence-corrected chi connectivity index (χ1v) is 9.80. The van der Waals surface area contributed by atoms with E-state index in [4.69, 9.17) is 0 Å². The monoisotopic (exact) mass is 344 g/mol. The Hall–Kier alpha value is -1.39. The van der Waals surface area contributed by atoms with Crippen LogP contribution in [0.15, 0.2) is 18.2 Å². The van der Waals surface area contributed by atoms with Crippen molar-refractivity contribution < 1.29 is 9.90 Å². The van der Waals surface area contributed by atoms with Gasteiger partial charge in [0, 0.05) is 24.7 Å². The molecule has 1 amide bonds. The highest BCUT2D eigenvalue weighted by atomic mass is 16.3. The molecule has 25 heavy (non-hydrogen) atoms. The van der Waals surface area contributed by atoms with Crippen molar-refractivity contribution in [3.05, 3.63) is 29.3 Å². The predicted octanol–water partition coefficient (Wildman–Crippen LogP) is 3.39. The number of benzene rings is 1. The van der Waals surface area contributed by atoms with Gasteiger partial charge in [-0.15, -0.1) is 0 Å². The summed E-state index contributed by atoms with van der Waals surface area (Å²) in [5.74, 6) is 1.01. The number of likely N-dealkylation sites (tertiary alicyclic amines) is 1. The Balaban J connectivity index is 1.71. The summed E-state index contributed by atoms with van der Waals surface area (Å²) < 4.78 is 0. The number of carbonyl (C=O) groups is 1. The highest BCUT2D eigenvalue weighted by molar-refractivity contribution is 5.95. The predicted molar refractivity (Wildman–Crippen MR) is 102 cm³/mol. The van der Waals surface area contributed by atoms with Crippen LogP contribution in [0.4, 0.5) is 5.69 Å². The minimum absolute atomic E-state index is 0.0118. The standard InChI is InChI=1S/C21H32N2O2/c1-15(2)21(25)23-10-4-5-17-13-18(6-7-19(17)23)20(24)14-22-11-8-16(3)9-12-22/h6-7,13,15-16,20,24H,4-5,8-12,14H2,1-3H3/t20-/m0/s1. The van der Waals surface area contributed by atoms with Crippen LogP contribution in [0.5, 0.6) is 0 Å². The molecule has 1 saturated heterocycles. The normalized spacial score (nSPS) is 20.6. The summed E-state index contributed by atoms with van der Waals surface area (Å²) in [4.78, 5) is 16.7. The molecule has 0 unspecified atom stereocenters. The number of anilines is 1. The molecule has 0 bridgehead atoms. The Kier molecular flexibility index (Phi) is 5.80. The topological polar surface area (TPSA) is 43.8 Å². The minimum Gasteiger partial charge on any atom is -0.387 e. The minimum atomic E-state index is -0.449. The number of rotatable bonds is 4. The number of piperidine rings is 1. The Morgan fingerprint density at radius 3 is 2.64 bits per heavy atom. The van der Waals surface area contributed by atoms with Crippen molar-refractivity contribution in [1.82, 2.24) is 4.90 Å². The number of nitrogens with zero attached hydrogens (tertiary/aromatic N) is 2. The highest BCUT2D eigenvalue weighted by Gasteiger charge is 2.25. The number of aliphatic hydroxyl groups is 1. The molecule has 1 N–H and O–H groups in total. The second-order valence-electron chi connectivity index (χ2n) is 8.14. The average molecular weight is 344 g/mol. The van der Waals surface area contributed by atoms with Crippen LogP contribution in [0.2, 0.25) is 0 Å². The molecule has 1 atom stereocenters. The van der Waals surface area contributed by atoms with Gasteiger partial charge in [0.2, 0.25) is 5.91 Å². The molecule has 138 valence electrons. The number of β-amino-alcohol motifs (C(OH)–C–C–N with tert-alkyl or cyclic N) is 1. The maximum Gasteiger partial charge on any atom is 0.229 e. The first kappa shape index (κ1) is 18.4. The third-order valence-corrected chi connectivity index (χ3v) is 5.67. The number of fused-ring (bicyclic) bond motifs is 1. The molecule has 0 radical (unpaired) electrons. The van der Waals surface area contributed by atoms with E-state index >= 15 is 0 Å². The van der Waals surface area contributed by atoms with Crippen molar-refractivity contribution in [1.29, 1.82) is 0 Å². The van der Waals surface area contributed by atoms with E-state index < -0.39 is 6.10 Å². The molecule has 0 saturated carbocycles. The van der Waals surface area contributed by atoms with Crippen LogP contribution in [0.25, 0.3) is 0 Å². The molecule has 4 heteroatoms. The zero-order chi connectivity index (χ0) is 18.0. The van der Waals surface area contributed by atoms with E-state index in [1.54, 1.807) is 0 Å². The summed E-state index contributed by atoms with van der Waals surface area (Å²) in [7, 11) is 0. The molecule has 3 rings (SSSR count). The van der Waals surface area contributed by atoms with Crippen LogP contribution in [0.1, 0.15) is 57.3 Å². The lowest BCUT2D eigenvalue weighted by molar-refractivity contribution is -0.121. The van der Waals surface area contributed by atoms with Gasteiger partial charge < -0.3 is 14.9 Å². The van der Waals surface area contributed by atoms with Crippen molar-refractivity contribution >= 4 is 11.6 Å². The third kappa shape index (κ3) is 4.24. The number of hydrogen-bond acceptors (Lipinski definition) is 3. The Morgan fingerprint density at radius 2 is 1.96 bits per heavy atom. The van der Waals surface area contributed by atoms with Crippen LogP contribution >= 0.6 is 0 Å². The van der Waals surface area contributed by atoms with Gasteiger partial charge in [0.05, 0.1) is 6.10 Å². The van der Waals surface area contributed by atoms with Crippen LogP contribution < -0.4 is 4.90 Å². The lowest BCUT2D eigenvalue weighted by atomic mass is 9.95. The van der Waals surface area contributed by atoms with Crippen molar-refractivity contribution in [2.75, 3.05) is 31.1 Å². The summed E-state index contributed by atoms with van der Waals surface area (Å²) in [6, 6.07) is 6.15. The second kappa shape index (κ2) is 7.88. The zero-order valence-electron chi connectivity index (χ0n) is 15.9. The number of hydrogen-bond donors (Lipinski definition) is 1. The van der Waals surface area contributed by atoms with E-state index in [1.807, 2.05) is 30.9 Å². The summed E-state index contributed by atoms with van der Waals surface area (Å²) in [6.07, 6.45) is 3.98. The fourth-order valence-corrected chi connectivity index (χ4v) is 3.96. The molecule has 0 aliphatic carbocycles. The van der Waals surface area contributed by atoms with Gasteiger partial charge in [-0.2, -0.15) is 0 Å². The Bertz CT molecular complexity index is 606. The van der Waals surface area contributed by atoms with Gasteiger partial charge in [0.25, 0.3) is 0 Å². The number of amides is 1. The molecule has 1 aromatic rings. The van der Waals surface area contributed by atoms with Crippen LogP contribution in [0, 0.1) is 11.8 Å². The maximum absolute atomic E-state index is 12.4. The SMILES string of the molecule is CC1CCN(C[C@H](O)c2ccc3c(c2)CCCN3C(=O)C(C)C)CC1. The van der Waals surface area contributed by atoms with E-state index in [9.17, 15) is 9.90 Å². The Morgan fingerprint density at radius 1 is 1.24 bits per heavy atom. The third-order valence-electron chi connectivity index (χ3n) is 5.67. The van der Waals surface area contributed by atoms with Gasteiger partial charge in [-0.05, 0) is 61.9 Å². The number of carbonyl (C=O) groups excluding carboxylic acids is 1. The van der Waals surface area contributed by atoms with Gasteiger partial charge in [0.1, 0.15) is 0 Å². The van der Waals surface area contributed by atoms with E-state index in [0.29, 0.717) is 6.54 Å². The molecule has 1 aromatic carbocycles.